The zero-order valence-electron chi connectivity index (χ0n) is 11.6. The van der Waals surface area contributed by atoms with Gasteiger partial charge in [-0.1, -0.05) is 0 Å². The highest BCUT2D eigenvalue weighted by molar-refractivity contribution is 5.94. The third kappa shape index (κ3) is 3.57. The number of carbonyl (C=O) groups excluding carboxylic acids is 2. The maximum atomic E-state index is 12.0. The SMILES string of the molecule is CCOC(=O)c1ccc(NC(=O)C2CCC(N)C2)cc1. The molecule has 0 aromatic heterocycles. The van der Waals surface area contributed by atoms with Crippen LogP contribution in [0.4, 0.5) is 5.69 Å². The van der Waals surface area contributed by atoms with E-state index >= 15 is 0 Å². The molecule has 1 amide bonds. The van der Waals surface area contributed by atoms with Crippen molar-refractivity contribution in [2.75, 3.05) is 11.9 Å². The molecule has 2 atom stereocenters. The van der Waals surface area contributed by atoms with Crippen LogP contribution in [0.15, 0.2) is 24.3 Å². The lowest BCUT2D eigenvalue weighted by Gasteiger charge is -2.11. The lowest BCUT2D eigenvalue weighted by molar-refractivity contribution is -0.119. The van der Waals surface area contributed by atoms with E-state index in [4.69, 9.17) is 10.5 Å². The molecule has 1 aromatic carbocycles. The van der Waals surface area contributed by atoms with Gasteiger partial charge in [0.15, 0.2) is 0 Å². The van der Waals surface area contributed by atoms with Crippen LogP contribution in [0.3, 0.4) is 0 Å². The van der Waals surface area contributed by atoms with Crippen LogP contribution in [0.25, 0.3) is 0 Å². The fraction of sp³-hybridized carbons (Fsp3) is 0.467. The van der Waals surface area contributed by atoms with E-state index in [9.17, 15) is 9.59 Å². The average molecular weight is 276 g/mol. The number of benzene rings is 1. The highest BCUT2D eigenvalue weighted by Gasteiger charge is 2.27. The molecule has 0 saturated heterocycles. The van der Waals surface area contributed by atoms with Crippen molar-refractivity contribution in [2.45, 2.75) is 32.2 Å². The minimum Gasteiger partial charge on any atom is -0.462 e. The summed E-state index contributed by atoms with van der Waals surface area (Å²) in [4.78, 5) is 23.5. The van der Waals surface area contributed by atoms with Crippen LogP contribution in [-0.2, 0) is 9.53 Å². The van der Waals surface area contributed by atoms with Gasteiger partial charge in [-0.05, 0) is 50.5 Å². The molecule has 0 heterocycles. The molecule has 5 heteroatoms. The smallest absolute Gasteiger partial charge is 0.338 e. The lowest BCUT2D eigenvalue weighted by Crippen LogP contribution is -2.23. The first-order valence-electron chi connectivity index (χ1n) is 6.93. The first kappa shape index (κ1) is 14.5. The Morgan fingerprint density at radius 1 is 1.30 bits per heavy atom. The van der Waals surface area contributed by atoms with Gasteiger partial charge in [0.25, 0.3) is 0 Å². The van der Waals surface area contributed by atoms with E-state index < -0.39 is 0 Å². The average Bonchev–Trinajstić information content (AvgIpc) is 2.86. The molecular weight excluding hydrogens is 256 g/mol. The summed E-state index contributed by atoms with van der Waals surface area (Å²) in [7, 11) is 0. The minimum atomic E-state index is -0.354. The summed E-state index contributed by atoms with van der Waals surface area (Å²) in [6.45, 7) is 2.11. The van der Waals surface area contributed by atoms with E-state index in [0.29, 0.717) is 17.9 Å². The number of rotatable bonds is 4. The van der Waals surface area contributed by atoms with E-state index in [2.05, 4.69) is 5.32 Å². The van der Waals surface area contributed by atoms with E-state index in [0.717, 1.165) is 19.3 Å². The standard InChI is InChI=1S/C15H20N2O3/c1-2-20-15(19)10-4-7-13(8-5-10)17-14(18)11-3-6-12(16)9-11/h4-5,7-8,11-12H,2-3,6,9,16H2,1H3,(H,17,18). The second-order valence-electron chi connectivity index (χ2n) is 5.06. The van der Waals surface area contributed by atoms with Gasteiger partial charge < -0.3 is 15.8 Å². The maximum Gasteiger partial charge on any atom is 0.338 e. The summed E-state index contributed by atoms with van der Waals surface area (Å²) in [5, 5.41) is 2.86. The molecule has 2 unspecified atom stereocenters. The Bertz CT molecular complexity index is 484. The Balaban J connectivity index is 1.93. The molecule has 20 heavy (non-hydrogen) atoms. The molecule has 0 bridgehead atoms. The molecule has 1 fully saturated rings. The normalized spacial score (nSPS) is 21.5. The maximum absolute atomic E-state index is 12.0. The van der Waals surface area contributed by atoms with Crippen LogP contribution < -0.4 is 11.1 Å². The van der Waals surface area contributed by atoms with Crippen molar-refractivity contribution >= 4 is 17.6 Å². The van der Waals surface area contributed by atoms with Crippen molar-refractivity contribution in [3.8, 4) is 0 Å². The zero-order valence-corrected chi connectivity index (χ0v) is 11.6. The summed E-state index contributed by atoms with van der Waals surface area (Å²) >= 11 is 0. The molecule has 1 saturated carbocycles. The molecule has 2 rings (SSSR count). The Labute approximate surface area is 118 Å². The van der Waals surface area contributed by atoms with Crippen LogP contribution in [0.1, 0.15) is 36.5 Å². The monoisotopic (exact) mass is 276 g/mol. The molecular formula is C15H20N2O3. The topological polar surface area (TPSA) is 81.4 Å². The van der Waals surface area contributed by atoms with Crippen LogP contribution >= 0.6 is 0 Å². The molecule has 3 N–H and O–H groups in total. The number of ether oxygens (including phenoxy) is 1. The van der Waals surface area contributed by atoms with Gasteiger partial charge in [0.05, 0.1) is 12.2 Å². The van der Waals surface area contributed by atoms with Crippen molar-refractivity contribution in [1.82, 2.24) is 0 Å². The molecule has 0 spiro atoms. The molecule has 1 aliphatic carbocycles. The Hall–Kier alpha value is -1.88. The molecule has 5 nitrogen and oxygen atoms in total. The van der Waals surface area contributed by atoms with Gasteiger partial charge in [-0.2, -0.15) is 0 Å². The fourth-order valence-corrected chi connectivity index (χ4v) is 2.40. The number of hydrogen-bond acceptors (Lipinski definition) is 4. The highest BCUT2D eigenvalue weighted by atomic mass is 16.5. The van der Waals surface area contributed by atoms with E-state index in [1.165, 1.54) is 0 Å². The van der Waals surface area contributed by atoms with E-state index in [-0.39, 0.29) is 23.8 Å². The third-order valence-corrected chi connectivity index (χ3v) is 3.51. The lowest BCUT2D eigenvalue weighted by atomic mass is 10.1. The van der Waals surface area contributed by atoms with Crippen molar-refractivity contribution in [3.05, 3.63) is 29.8 Å². The fourth-order valence-electron chi connectivity index (χ4n) is 2.40. The third-order valence-electron chi connectivity index (χ3n) is 3.51. The van der Waals surface area contributed by atoms with Crippen LogP contribution in [0, 0.1) is 5.92 Å². The first-order valence-corrected chi connectivity index (χ1v) is 6.93. The number of nitrogens with two attached hydrogens (primary N) is 1. The highest BCUT2D eigenvalue weighted by Crippen LogP contribution is 2.25. The van der Waals surface area contributed by atoms with Gasteiger partial charge >= 0.3 is 5.97 Å². The van der Waals surface area contributed by atoms with E-state index in [1.54, 1.807) is 31.2 Å². The van der Waals surface area contributed by atoms with Gasteiger partial charge in [0.2, 0.25) is 5.91 Å². The van der Waals surface area contributed by atoms with Crippen molar-refractivity contribution in [2.24, 2.45) is 11.7 Å². The Morgan fingerprint density at radius 2 is 2.00 bits per heavy atom. The minimum absolute atomic E-state index is 0.00170. The molecule has 1 aromatic rings. The quantitative estimate of drug-likeness (QED) is 0.823. The van der Waals surface area contributed by atoms with Gasteiger partial charge in [-0.15, -0.1) is 0 Å². The van der Waals surface area contributed by atoms with Gasteiger partial charge in [-0.3, -0.25) is 4.79 Å². The predicted octanol–water partition coefficient (Wildman–Crippen LogP) is 1.93. The number of esters is 1. The Kier molecular flexibility index (Phi) is 4.74. The zero-order chi connectivity index (χ0) is 14.5. The van der Waals surface area contributed by atoms with Crippen LogP contribution in [0.5, 0.6) is 0 Å². The van der Waals surface area contributed by atoms with Crippen molar-refractivity contribution in [3.63, 3.8) is 0 Å². The summed E-state index contributed by atoms with van der Waals surface area (Å²) in [5.41, 5.74) is 6.97. The van der Waals surface area contributed by atoms with Gasteiger partial charge in [0.1, 0.15) is 0 Å². The van der Waals surface area contributed by atoms with Gasteiger partial charge in [-0.25, -0.2) is 4.79 Å². The van der Waals surface area contributed by atoms with E-state index in [1.807, 2.05) is 0 Å². The molecule has 1 aliphatic rings. The summed E-state index contributed by atoms with van der Waals surface area (Å²) in [5.74, 6) is -0.358. The molecule has 0 aliphatic heterocycles. The molecule has 108 valence electrons. The summed E-state index contributed by atoms with van der Waals surface area (Å²) in [6.07, 6.45) is 2.49. The number of hydrogen-bond donors (Lipinski definition) is 2. The number of carbonyl (C=O) groups is 2. The number of amides is 1. The van der Waals surface area contributed by atoms with Gasteiger partial charge in [0, 0.05) is 17.6 Å². The second kappa shape index (κ2) is 6.52. The summed E-state index contributed by atoms with van der Waals surface area (Å²) < 4.78 is 4.90. The Morgan fingerprint density at radius 3 is 2.55 bits per heavy atom. The first-order chi connectivity index (χ1) is 9.60. The van der Waals surface area contributed by atoms with Crippen LogP contribution in [0.2, 0.25) is 0 Å². The number of nitrogens with one attached hydrogen (secondary N) is 1. The predicted molar refractivity (Wildman–Crippen MR) is 76.3 cm³/mol. The summed E-state index contributed by atoms with van der Waals surface area (Å²) in [6, 6.07) is 6.84. The second-order valence-corrected chi connectivity index (χ2v) is 5.06. The number of anilines is 1. The largest absolute Gasteiger partial charge is 0.462 e. The van der Waals surface area contributed by atoms with Crippen molar-refractivity contribution in [1.29, 1.82) is 0 Å². The van der Waals surface area contributed by atoms with Crippen molar-refractivity contribution < 1.29 is 14.3 Å². The molecule has 0 radical (unpaired) electrons. The van der Waals surface area contributed by atoms with Crippen LogP contribution in [-0.4, -0.2) is 24.5 Å².